The molecule has 21 heavy (non-hydrogen) atoms. The van der Waals surface area contributed by atoms with E-state index < -0.39 is 0 Å². The van der Waals surface area contributed by atoms with Crippen LogP contribution in [-0.2, 0) is 6.42 Å². The molecular weight excluding hydrogens is 258 g/mol. The number of fused-ring (bicyclic) bond motifs is 2. The zero-order valence-electron chi connectivity index (χ0n) is 12.9. The monoisotopic (exact) mass is 285 g/mol. The molecule has 1 aromatic carbocycles. The van der Waals surface area contributed by atoms with Crippen LogP contribution < -0.4 is 0 Å². The van der Waals surface area contributed by atoms with Gasteiger partial charge in [0.15, 0.2) is 0 Å². The van der Waals surface area contributed by atoms with Gasteiger partial charge in [0.25, 0.3) is 0 Å². The zero-order valence-corrected chi connectivity index (χ0v) is 12.9. The van der Waals surface area contributed by atoms with Crippen LogP contribution in [0.3, 0.4) is 0 Å². The van der Waals surface area contributed by atoms with Crippen molar-refractivity contribution in [2.75, 3.05) is 13.1 Å². The van der Waals surface area contributed by atoms with Gasteiger partial charge in [0.2, 0.25) is 0 Å². The molecule has 0 spiro atoms. The second kappa shape index (κ2) is 5.64. The first-order valence-electron chi connectivity index (χ1n) is 8.88. The molecule has 3 unspecified atom stereocenters. The lowest BCUT2D eigenvalue weighted by atomic mass is 9.74. The molecule has 0 radical (unpaired) electrons. The number of hydrogen-bond acceptors (Lipinski definition) is 2. The Kier molecular flexibility index (Phi) is 3.66. The van der Waals surface area contributed by atoms with Gasteiger partial charge in [-0.1, -0.05) is 31.4 Å². The fourth-order valence-corrected chi connectivity index (χ4v) is 5.10. The molecule has 0 amide bonds. The summed E-state index contributed by atoms with van der Waals surface area (Å²) >= 11 is 0. The van der Waals surface area contributed by atoms with Gasteiger partial charge in [0.05, 0.1) is 0 Å². The number of benzene rings is 1. The molecule has 2 fully saturated rings. The van der Waals surface area contributed by atoms with Gasteiger partial charge in [-0.3, -0.25) is 4.90 Å². The molecule has 2 nitrogen and oxygen atoms in total. The van der Waals surface area contributed by atoms with Crippen LogP contribution >= 0.6 is 0 Å². The van der Waals surface area contributed by atoms with Crippen molar-refractivity contribution in [1.82, 2.24) is 4.90 Å². The third-order valence-electron chi connectivity index (χ3n) is 6.21. The fourth-order valence-electron chi connectivity index (χ4n) is 5.10. The Morgan fingerprint density at radius 3 is 2.71 bits per heavy atom. The molecule has 1 aromatic rings. The van der Waals surface area contributed by atoms with Crippen molar-refractivity contribution in [1.29, 1.82) is 0 Å². The number of nitrogens with zero attached hydrogens (tertiary/aromatic N) is 1. The van der Waals surface area contributed by atoms with Gasteiger partial charge in [-0.15, -0.1) is 0 Å². The molecule has 1 saturated carbocycles. The predicted molar refractivity (Wildman–Crippen MR) is 85.4 cm³/mol. The predicted octanol–water partition coefficient (Wildman–Crippen LogP) is 4.28. The molecular formula is C19H27NO. The minimum Gasteiger partial charge on any atom is -0.508 e. The summed E-state index contributed by atoms with van der Waals surface area (Å²) in [4.78, 5) is 2.74. The van der Waals surface area contributed by atoms with Gasteiger partial charge >= 0.3 is 0 Å². The second-order valence-electron chi connectivity index (χ2n) is 7.34. The van der Waals surface area contributed by atoms with Crippen molar-refractivity contribution in [3.05, 3.63) is 29.3 Å². The van der Waals surface area contributed by atoms with Crippen molar-refractivity contribution in [3.63, 3.8) is 0 Å². The highest BCUT2D eigenvalue weighted by molar-refractivity contribution is 5.42. The first-order valence-corrected chi connectivity index (χ1v) is 8.88. The summed E-state index contributed by atoms with van der Waals surface area (Å²) in [6.07, 6.45) is 10.8. The number of hydrogen-bond donors (Lipinski definition) is 1. The third kappa shape index (κ3) is 2.48. The SMILES string of the molecule is Oc1cccc2c1CCCC2N1CCC2CCCCC2C1. The van der Waals surface area contributed by atoms with Crippen LogP contribution in [0.4, 0.5) is 0 Å². The molecule has 1 saturated heterocycles. The van der Waals surface area contributed by atoms with Gasteiger partial charge < -0.3 is 5.11 Å². The standard InChI is InChI=1S/C19H27NO/c21-19-10-4-7-16-17(19)8-3-9-18(16)20-12-11-14-5-1-2-6-15(14)13-20/h4,7,10,14-15,18,21H,1-3,5-6,8-9,11-13H2. The first kappa shape index (κ1) is 13.6. The Morgan fingerprint density at radius 2 is 1.81 bits per heavy atom. The van der Waals surface area contributed by atoms with Crippen molar-refractivity contribution in [2.45, 2.75) is 57.4 Å². The molecule has 0 bridgehead atoms. The minimum absolute atomic E-state index is 0.518. The topological polar surface area (TPSA) is 23.5 Å². The summed E-state index contributed by atoms with van der Waals surface area (Å²) in [5.74, 6) is 2.46. The zero-order chi connectivity index (χ0) is 14.2. The Morgan fingerprint density at radius 1 is 0.952 bits per heavy atom. The highest BCUT2D eigenvalue weighted by Crippen LogP contribution is 2.43. The molecule has 1 aliphatic heterocycles. The molecule has 4 rings (SSSR count). The Hall–Kier alpha value is -1.02. The van der Waals surface area contributed by atoms with Crippen LogP contribution in [0, 0.1) is 11.8 Å². The number of rotatable bonds is 1. The van der Waals surface area contributed by atoms with Crippen LogP contribution in [0.25, 0.3) is 0 Å². The van der Waals surface area contributed by atoms with Gasteiger partial charge in [0.1, 0.15) is 5.75 Å². The smallest absolute Gasteiger partial charge is 0.119 e. The summed E-state index contributed by atoms with van der Waals surface area (Å²) in [5, 5.41) is 10.1. The maximum atomic E-state index is 10.1. The number of likely N-dealkylation sites (tertiary alicyclic amines) is 1. The van der Waals surface area contributed by atoms with E-state index in [9.17, 15) is 5.11 Å². The molecule has 114 valence electrons. The van der Waals surface area contributed by atoms with Crippen molar-refractivity contribution in [2.24, 2.45) is 11.8 Å². The van der Waals surface area contributed by atoms with E-state index in [-0.39, 0.29) is 0 Å². The number of piperidine rings is 1. The van der Waals surface area contributed by atoms with Crippen LogP contribution in [0.5, 0.6) is 5.75 Å². The second-order valence-corrected chi connectivity index (χ2v) is 7.34. The van der Waals surface area contributed by atoms with Crippen LogP contribution in [0.1, 0.15) is 62.1 Å². The molecule has 2 heteroatoms. The van der Waals surface area contributed by atoms with E-state index in [2.05, 4.69) is 11.0 Å². The average molecular weight is 285 g/mol. The van der Waals surface area contributed by atoms with E-state index >= 15 is 0 Å². The Balaban J connectivity index is 1.56. The first-order chi connectivity index (χ1) is 10.3. The highest BCUT2D eigenvalue weighted by atomic mass is 16.3. The lowest BCUT2D eigenvalue weighted by Crippen LogP contribution is -2.44. The maximum absolute atomic E-state index is 10.1. The van der Waals surface area contributed by atoms with Gasteiger partial charge in [-0.25, -0.2) is 0 Å². The lowest BCUT2D eigenvalue weighted by Gasteiger charge is -2.45. The normalized spacial score (nSPS) is 33.2. The quantitative estimate of drug-likeness (QED) is 0.832. The van der Waals surface area contributed by atoms with E-state index in [4.69, 9.17) is 0 Å². The van der Waals surface area contributed by atoms with Crippen LogP contribution in [-0.4, -0.2) is 23.1 Å². The molecule has 1 N–H and O–H groups in total. The molecule has 3 atom stereocenters. The largest absolute Gasteiger partial charge is 0.508 e. The van der Waals surface area contributed by atoms with Crippen LogP contribution in [0.15, 0.2) is 18.2 Å². The van der Waals surface area contributed by atoms with E-state index in [0.29, 0.717) is 11.8 Å². The van der Waals surface area contributed by atoms with E-state index in [0.717, 1.165) is 18.3 Å². The summed E-state index contributed by atoms with van der Waals surface area (Å²) in [6, 6.07) is 6.70. The van der Waals surface area contributed by atoms with Crippen molar-refractivity contribution < 1.29 is 5.11 Å². The number of phenolic OH excluding ortho intramolecular Hbond substituents is 1. The van der Waals surface area contributed by atoms with Crippen molar-refractivity contribution in [3.8, 4) is 5.75 Å². The molecule has 2 aliphatic carbocycles. The Labute approximate surface area is 128 Å². The highest BCUT2D eigenvalue weighted by Gasteiger charge is 2.35. The third-order valence-corrected chi connectivity index (χ3v) is 6.21. The number of aromatic hydroxyl groups is 1. The van der Waals surface area contributed by atoms with E-state index in [1.165, 1.54) is 69.2 Å². The lowest BCUT2D eigenvalue weighted by molar-refractivity contribution is 0.0504. The van der Waals surface area contributed by atoms with E-state index in [1.807, 2.05) is 12.1 Å². The average Bonchev–Trinajstić information content (AvgIpc) is 2.54. The fraction of sp³-hybridized carbons (Fsp3) is 0.684. The van der Waals surface area contributed by atoms with Crippen LogP contribution in [0.2, 0.25) is 0 Å². The molecule has 3 aliphatic rings. The van der Waals surface area contributed by atoms with E-state index in [1.54, 1.807) is 0 Å². The van der Waals surface area contributed by atoms with Gasteiger partial charge in [-0.2, -0.15) is 0 Å². The molecule has 0 aromatic heterocycles. The minimum atomic E-state index is 0.518. The summed E-state index contributed by atoms with van der Waals surface area (Å²) in [7, 11) is 0. The maximum Gasteiger partial charge on any atom is 0.119 e. The van der Waals surface area contributed by atoms with Gasteiger partial charge in [-0.05, 0) is 67.7 Å². The van der Waals surface area contributed by atoms with Crippen molar-refractivity contribution >= 4 is 0 Å². The summed E-state index contributed by atoms with van der Waals surface area (Å²) in [5.41, 5.74) is 2.63. The summed E-state index contributed by atoms with van der Waals surface area (Å²) < 4.78 is 0. The summed E-state index contributed by atoms with van der Waals surface area (Å²) in [6.45, 7) is 2.56. The number of phenols is 1. The molecule has 1 heterocycles. The van der Waals surface area contributed by atoms with Gasteiger partial charge in [0, 0.05) is 12.6 Å². The Bertz CT molecular complexity index is 512.